The Morgan fingerprint density at radius 2 is 1.46 bits per heavy atom. The molecule has 3 heterocycles. The third-order valence-corrected chi connectivity index (χ3v) is 7.52. The summed E-state index contributed by atoms with van der Waals surface area (Å²) in [6.07, 6.45) is 7.43. The fourth-order valence-electron chi connectivity index (χ4n) is 5.40. The number of para-hydroxylation sites is 1. The van der Waals surface area contributed by atoms with Gasteiger partial charge in [-0.2, -0.15) is 0 Å². The minimum Gasteiger partial charge on any atom is -0.457 e. The van der Waals surface area contributed by atoms with Crippen molar-refractivity contribution in [3.05, 3.63) is 134 Å². The van der Waals surface area contributed by atoms with Crippen LogP contribution in [0.5, 0.6) is 11.5 Å². The summed E-state index contributed by atoms with van der Waals surface area (Å²) in [7, 11) is 0. The topological polar surface area (TPSA) is 44.9 Å². The summed E-state index contributed by atoms with van der Waals surface area (Å²) < 4.78 is 10.8. The molecule has 0 aliphatic rings. The second-order valence-electron chi connectivity index (χ2n) is 11.3. The number of hydrogen-bond acceptors (Lipinski definition) is 3. The largest absolute Gasteiger partial charge is 0.457 e. The van der Waals surface area contributed by atoms with Crippen LogP contribution in [0.2, 0.25) is 0 Å². The predicted octanol–water partition coefficient (Wildman–Crippen LogP) is 9.12. The molecule has 5 heteroatoms. The summed E-state index contributed by atoms with van der Waals surface area (Å²) in [5, 5.41) is 2.35. The monoisotopic (exact) mass is 534 g/mol. The van der Waals surface area contributed by atoms with Crippen LogP contribution < -0.4 is 4.74 Å². The van der Waals surface area contributed by atoms with Crippen LogP contribution in [0.1, 0.15) is 26.3 Å². The van der Waals surface area contributed by atoms with E-state index in [9.17, 15) is 0 Å². The van der Waals surface area contributed by atoms with Crippen LogP contribution in [-0.4, -0.2) is 19.1 Å². The molecular formula is C36H30N4O. The van der Waals surface area contributed by atoms with Gasteiger partial charge >= 0.3 is 0 Å². The molecule has 5 nitrogen and oxygen atoms in total. The molecule has 0 spiro atoms. The highest BCUT2D eigenvalue weighted by Gasteiger charge is 2.18. The van der Waals surface area contributed by atoms with Gasteiger partial charge in [-0.25, -0.2) is 9.97 Å². The maximum Gasteiger partial charge on any atom is 0.137 e. The average Bonchev–Trinajstić information content (AvgIpc) is 3.64. The molecule has 0 amide bonds. The standard InChI is InChI=1S/C36H30N4O/c1-36(2,3)27-15-16-38-35(21-27)40-33-12-8-7-11-31(33)32-14-13-29(23-34(32)40)41-30-20-26(25-9-5-4-6-10-25)19-28(22-30)39-18-17-37-24-39/h4-24H,1-3H3. The molecule has 7 aromatic rings. The number of rotatable bonds is 5. The van der Waals surface area contributed by atoms with Gasteiger partial charge in [0.2, 0.25) is 0 Å². The summed E-state index contributed by atoms with van der Waals surface area (Å²) in [6.45, 7) is 6.68. The Kier molecular flexibility index (Phi) is 5.93. The van der Waals surface area contributed by atoms with E-state index in [1.807, 2.05) is 35.2 Å². The van der Waals surface area contributed by atoms with E-state index in [1.165, 1.54) is 10.9 Å². The second kappa shape index (κ2) is 9.79. The van der Waals surface area contributed by atoms with Gasteiger partial charge in [0.15, 0.2) is 0 Å². The van der Waals surface area contributed by atoms with E-state index >= 15 is 0 Å². The summed E-state index contributed by atoms with van der Waals surface area (Å²) in [6, 6.07) is 35.7. The zero-order valence-electron chi connectivity index (χ0n) is 23.3. The zero-order valence-corrected chi connectivity index (χ0v) is 23.3. The van der Waals surface area contributed by atoms with Gasteiger partial charge in [0, 0.05) is 41.5 Å². The smallest absolute Gasteiger partial charge is 0.137 e. The second-order valence-corrected chi connectivity index (χ2v) is 11.3. The van der Waals surface area contributed by atoms with Crippen molar-refractivity contribution in [1.29, 1.82) is 0 Å². The summed E-state index contributed by atoms with van der Waals surface area (Å²) in [5.41, 5.74) is 6.61. The van der Waals surface area contributed by atoms with Crippen LogP contribution in [0.15, 0.2) is 128 Å². The molecule has 0 fully saturated rings. The normalized spacial score (nSPS) is 11.8. The number of pyridine rings is 1. The lowest BCUT2D eigenvalue weighted by atomic mass is 9.88. The lowest BCUT2D eigenvalue weighted by molar-refractivity contribution is 0.483. The Labute approximate surface area is 239 Å². The van der Waals surface area contributed by atoms with Crippen molar-refractivity contribution in [3.8, 4) is 34.1 Å². The highest BCUT2D eigenvalue weighted by Crippen LogP contribution is 2.37. The highest BCUT2D eigenvalue weighted by atomic mass is 16.5. The highest BCUT2D eigenvalue weighted by molar-refractivity contribution is 6.09. The van der Waals surface area contributed by atoms with Crippen LogP contribution in [0.25, 0.3) is 44.4 Å². The van der Waals surface area contributed by atoms with Gasteiger partial charge < -0.3 is 9.30 Å². The molecule has 41 heavy (non-hydrogen) atoms. The lowest BCUT2D eigenvalue weighted by Gasteiger charge is -2.20. The van der Waals surface area contributed by atoms with Gasteiger partial charge in [-0.1, -0.05) is 69.3 Å². The maximum atomic E-state index is 6.58. The summed E-state index contributed by atoms with van der Waals surface area (Å²) in [5.74, 6) is 2.41. The molecule has 0 bridgehead atoms. The van der Waals surface area contributed by atoms with Crippen molar-refractivity contribution < 1.29 is 4.74 Å². The first-order chi connectivity index (χ1) is 19.9. The van der Waals surface area contributed by atoms with E-state index < -0.39 is 0 Å². The fraction of sp³-hybridized carbons (Fsp3) is 0.111. The van der Waals surface area contributed by atoms with Crippen LogP contribution in [-0.2, 0) is 5.41 Å². The molecule has 0 aliphatic heterocycles. The van der Waals surface area contributed by atoms with E-state index in [4.69, 9.17) is 9.72 Å². The first-order valence-corrected chi connectivity index (χ1v) is 13.8. The summed E-state index contributed by atoms with van der Waals surface area (Å²) in [4.78, 5) is 9.05. The van der Waals surface area contributed by atoms with Gasteiger partial charge in [-0.3, -0.25) is 4.57 Å². The molecule has 0 aliphatic carbocycles. The number of fused-ring (bicyclic) bond motifs is 3. The SMILES string of the molecule is CC(C)(C)c1ccnc(-n2c3ccccc3c3ccc(Oc4cc(-c5ccccc5)cc(-n5ccnc5)c4)cc32)c1. The number of ether oxygens (including phenoxy) is 1. The Balaban J connectivity index is 1.37. The van der Waals surface area contributed by atoms with E-state index in [1.54, 1.807) is 12.5 Å². The van der Waals surface area contributed by atoms with Crippen molar-refractivity contribution in [1.82, 2.24) is 19.1 Å². The molecule has 0 saturated heterocycles. The first-order valence-electron chi connectivity index (χ1n) is 13.8. The van der Waals surface area contributed by atoms with Crippen molar-refractivity contribution in [3.63, 3.8) is 0 Å². The third kappa shape index (κ3) is 4.66. The Hall–Kier alpha value is -5.16. The molecule has 200 valence electrons. The van der Waals surface area contributed by atoms with E-state index in [-0.39, 0.29) is 5.41 Å². The minimum absolute atomic E-state index is 0.0153. The minimum atomic E-state index is 0.0153. The average molecular weight is 535 g/mol. The van der Waals surface area contributed by atoms with Gasteiger partial charge in [-0.05, 0) is 64.6 Å². The van der Waals surface area contributed by atoms with Crippen molar-refractivity contribution >= 4 is 21.8 Å². The molecule has 3 aromatic heterocycles. The molecule has 0 N–H and O–H groups in total. The predicted molar refractivity (Wildman–Crippen MR) is 166 cm³/mol. The molecule has 0 radical (unpaired) electrons. The van der Waals surface area contributed by atoms with Gasteiger partial charge in [0.1, 0.15) is 17.3 Å². The first kappa shape index (κ1) is 24.9. The van der Waals surface area contributed by atoms with Gasteiger partial charge in [0.05, 0.1) is 23.0 Å². The van der Waals surface area contributed by atoms with Crippen LogP contribution in [0, 0.1) is 0 Å². The molecule has 0 atom stereocenters. The van der Waals surface area contributed by atoms with Crippen LogP contribution in [0.3, 0.4) is 0 Å². The van der Waals surface area contributed by atoms with Crippen molar-refractivity contribution in [2.24, 2.45) is 0 Å². The number of imidazole rings is 1. The Morgan fingerprint density at radius 3 is 2.27 bits per heavy atom. The van der Waals surface area contributed by atoms with Gasteiger partial charge in [0.25, 0.3) is 0 Å². The number of aromatic nitrogens is 4. The van der Waals surface area contributed by atoms with E-state index in [0.717, 1.165) is 50.6 Å². The van der Waals surface area contributed by atoms with Gasteiger partial charge in [-0.15, -0.1) is 0 Å². The Morgan fingerprint density at radius 1 is 0.659 bits per heavy atom. The zero-order chi connectivity index (χ0) is 28.0. The summed E-state index contributed by atoms with van der Waals surface area (Å²) >= 11 is 0. The third-order valence-electron chi connectivity index (χ3n) is 7.52. The fourth-order valence-corrected chi connectivity index (χ4v) is 5.40. The van der Waals surface area contributed by atoms with Crippen LogP contribution >= 0.6 is 0 Å². The Bertz CT molecular complexity index is 2000. The maximum absolute atomic E-state index is 6.58. The van der Waals surface area contributed by atoms with Crippen LogP contribution in [0.4, 0.5) is 0 Å². The molecular weight excluding hydrogens is 504 g/mol. The number of benzene rings is 4. The van der Waals surface area contributed by atoms with E-state index in [0.29, 0.717) is 0 Å². The molecule has 4 aromatic carbocycles. The van der Waals surface area contributed by atoms with Crippen molar-refractivity contribution in [2.75, 3.05) is 0 Å². The van der Waals surface area contributed by atoms with E-state index in [2.05, 4.69) is 115 Å². The number of nitrogens with zero attached hydrogens (tertiary/aromatic N) is 4. The molecule has 0 saturated carbocycles. The number of hydrogen-bond donors (Lipinski definition) is 0. The molecule has 7 rings (SSSR count). The quantitative estimate of drug-likeness (QED) is 0.221. The van der Waals surface area contributed by atoms with Crippen molar-refractivity contribution in [2.45, 2.75) is 26.2 Å². The molecule has 0 unspecified atom stereocenters. The lowest BCUT2D eigenvalue weighted by Crippen LogP contribution is -2.12.